The van der Waals surface area contributed by atoms with Gasteiger partial charge in [-0.05, 0) is 23.9 Å². The van der Waals surface area contributed by atoms with Gasteiger partial charge in [-0.3, -0.25) is 0 Å². The Morgan fingerprint density at radius 1 is 1.19 bits per heavy atom. The molecule has 0 spiro atoms. The summed E-state index contributed by atoms with van der Waals surface area (Å²) in [5, 5.41) is 5.22. The molecule has 0 aliphatic rings. The minimum absolute atomic E-state index is 0.237. The van der Waals surface area contributed by atoms with Gasteiger partial charge in [-0.25, -0.2) is 4.39 Å². The Balaban J connectivity index is 2.07. The summed E-state index contributed by atoms with van der Waals surface area (Å²) < 4.78 is 19.1. The third kappa shape index (κ3) is 2.52. The molecule has 0 saturated heterocycles. The van der Waals surface area contributed by atoms with Crippen LogP contribution in [0.3, 0.4) is 0 Å². The summed E-state index contributed by atoms with van der Waals surface area (Å²) in [6, 6.07) is 10.0. The van der Waals surface area contributed by atoms with Crippen molar-refractivity contribution in [1.29, 1.82) is 0 Å². The number of fused-ring (bicyclic) bond motifs is 1. The van der Waals surface area contributed by atoms with Gasteiger partial charge in [0, 0.05) is 10.9 Å². The van der Waals surface area contributed by atoms with Crippen LogP contribution in [0.1, 0.15) is 31.6 Å². The Morgan fingerprint density at radius 2 is 1.95 bits per heavy atom. The zero-order chi connectivity index (χ0) is 14.8. The summed E-state index contributed by atoms with van der Waals surface area (Å²) in [5.74, 6) is 0.588. The first-order chi connectivity index (χ1) is 10.2. The Labute approximate surface area is 121 Å². The van der Waals surface area contributed by atoms with E-state index in [2.05, 4.69) is 10.1 Å². The van der Waals surface area contributed by atoms with Crippen LogP contribution in [-0.4, -0.2) is 10.1 Å². The van der Waals surface area contributed by atoms with Crippen LogP contribution in [0.25, 0.3) is 22.2 Å². The van der Waals surface area contributed by atoms with E-state index in [0.29, 0.717) is 17.1 Å². The first-order valence-electron chi connectivity index (χ1n) is 6.97. The summed E-state index contributed by atoms with van der Waals surface area (Å²) in [5.41, 5.74) is 6.71. The average molecular weight is 285 g/mol. The number of nitrogens with zero attached hydrogens (tertiary/aromatic N) is 2. The number of hydrogen-bond acceptors (Lipinski definition) is 4. The first-order valence-corrected chi connectivity index (χ1v) is 6.97. The largest absolute Gasteiger partial charge is 0.334 e. The van der Waals surface area contributed by atoms with Crippen molar-refractivity contribution in [2.24, 2.45) is 5.73 Å². The molecule has 3 aromatic rings. The highest BCUT2D eigenvalue weighted by Gasteiger charge is 2.17. The first kappa shape index (κ1) is 13.7. The van der Waals surface area contributed by atoms with E-state index in [0.717, 1.165) is 23.8 Å². The second-order valence-electron chi connectivity index (χ2n) is 4.99. The molecule has 2 N–H and O–H groups in total. The van der Waals surface area contributed by atoms with Crippen LogP contribution in [0.15, 0.2) is 40.9 Å². The van der Waals surface area contributed by atoms with Gasteiger partial charge in [-0.15, -0.1) is 0 Å². The fraction of sp³-hybridized carbons (Fsp3) is 0.250. The molecule has 3 rings (SSSR count). The van der Waals surface area contributed by atoms with Crippen LogP contribution in [0.2, 0.25) is 0 Å². The van der Waals surface area contributed by atoms with Crippen molar-refractivity contribution in [3.05, 3.63) is 48.0 Å². The number of nitrogens with two attached hydrogens (primary N) is 1. The predicted molar refractivity (Wildman–Crippen MR) is 79.0 cm³/mol. The molecule has 0 aliphatic carbocycles. The standard InChI is InChI=1S/C16H16FN3O/c1-2-5-14(18)15-19-16(21-20-15)12-8-9-13(17)11-7-4-3-6-10(11)12/h3-4,6-9,14H,2,5,18H2,1H3. The normalized spacial score (nSPS) is 12.7. The quantitative estimate of drug-likeness (QED) is 0.791. The van der Waals surface area contributed by atoms with Crippen LogP contribution in [0.5, 0.6) is 0 Å². The zero-order valence-electron chi connectivity index (χ0n) is 11.7. The lowest BCUT2D eigenvalue weighted by Gasteiger charge is -2.04. The maximum Gasteiger partial charge on any atom is 0.258 e. The third-order valence-corrected chi connectivity index (χ3v) is 3.47. The van der Waals surface area contributed by atoms with Crippen molar-refractivity contribution in [2.75, 3.05) is 0 Å². The molecule has 4 nitrogen and oxygen atoms in total. The highest BCUT2D eigenvalue weighted by atomic mass is 19.1. The van der Waals surface area contributed by atoms with E-state index < -0.39 is 0 Å². The van der Waals surface area contributed by atoms with Crippen LogP contribution in [0.4, 0.5) is 4.39 Å². The minimum Gasteiger partial charge on any atom is -0.334 e. The number of benzene rings is 2. The molecule has 0 amide bonds. The highest BCUT2D eigenvalue weighted by molar-refractivity contribution is 5.95. The SMILES string of the molecule is CCCC(N)c1noc(-c2ccc(F)c3ccccc23)n1. The molecule has 0 saturated carbocycles. The molecular weight excluding hydrogens is 269 g/mol. The molecule has 2 aromatic carbocycles. The molecule has 0 radical (unpaired) electrons. The van der Waals surface area contributed by atoms with Crippen molar-refractivity contribution in [2.45, 2.75) is 25.8 Å². The number of rotatable bonds is 4. The maximum atomic E-state index is 13.8. The minimum atomic E-state index is -0.267. The van der Waals surface area contributed by atoms with E-state index in [1.165, 1.54) is 6.07 Å². The Hall–Kier alpha value is -2.27. The molecule has 0 fully saturated rings. The van der Waals surface area contributed by atoms with E-state index >= 15 is 0 Å². The molecule has 108 valence electrons. The van der Waals surface area contributed by atoms with Crippen LogP contribution >= 0.6 is 0 Å². The second kappa shape index (κ2) is 5.61. The summed E-state index contributed by atoms with van der Waals surface area (Å²) in [4.78, 5) is 4.35. The Kier molecular flexibility index (Phi) is 3.66. The number of hydrogen-bond donors (Lipinski definition) is 1. The topological polar surface area (TPSA) is 64.9 Å². The van der Waals surface area contributed by atoms with E-state index in [-0.39, 0.29) is 11.9 Å². The Morgan fingerprint density at radius 3 is 2.71 bits per heavy atom. The van der Waals surface area contributed by atoms with Crippen molar-refractivity contribution >= 4 is 10.8 Å². The van der Waals surface area contributed by atoms with Gasteiger partial charge in [0.2, 0.25) is 0 Å². The molecule has 0 aliphatic heterocycles. The average Bonchev–Trinajstić information content (AvgIpc) is 2.98. The Bertz CT molecular complexity index is 769. The van der Waals surface area contributed by atoms with Gasteiger partial charge in [0.15, 0.2) is 5.82 Å². The molecule has 1 aromatic heterocycles. The summed E-state index contributed by atoms with van der Waals surface area (Å²) in [6.45, 7) is 2.05. The van der Waals surface area contributed by atoms with Crippen molar-refractivity contribution in [3.63, 3.8) is 0 Å². The smallest absolute Gasteiger partial charge is 0.258 e. The fourth-order valence-electron chi connectivity index (χ4n) is 2.38. The lowest BCUT2D eigenvalue weighted by molar-refractivity contribution is 0.413. The summed E-state index contributed by atoms with van der Waals surface area (Å²) in [6.07, 6.45) is 1.74. The van der Waals surface area contributed by atoms with Gasteiger partial charge < -0.3 is 10.3 Å². The van der Waals surface area contributed by atoms with Crippen molar-refractivity contribution in [1.82, 2.24) is 10.1 Å². The monoisotopic (exact) mass is 285 g/mol. The van der Waals surface area contributed by atoms with Crippen molar-refractivity contribution < 1.29 is 8.91 Å². The van der Waals surface area contributed by atoms with Gasteiger partial charge in [0.25, 0.3) is 5.89 Å². The van der Waals surface area contributed by atoms with Gasteiger partial charge >= 0.3 is 0 Å². The predicted octanol–water partition coefficient (Wildman–Crippen LogP) is 3.83. The van der Waals surface area contributed by atoms with E-state index in [1.807, 2.05) is 19.1 Å². The van der Waals surface area contributed by atoms with Gasteiger partial charge in [0.05, 0.1) is 6.04 Å². The lowest BCUT2D eigenvalue weighted by Crippen LogP contribution is -2.11. The summed E-state index contributed by atoms with van der Waals surface area (Å²) in [7, 11) is 0. The number of aromatic nitrogens is 2. The van der Waals surface area contributed by atoms with Gasteiger partial charge in [0.1, 0.15) is 5.82 Å². The van der Waals surface area contributed by atoms with E-state index in [1.54, 1.807) is 18.2 Å². The van der Waals surface area contributed by atoms with E-state index in [9.17, 15) is 4.39 Å². The zero-order valence-corrected chi connectivity index (χ0v) is 11.7. The molecule has 5 heteroatoms. The van der Waals surface area contributed by atoms with Crippen LogP contribution in [0, 0.1) is 5.82 Å². The molecule has 1 unspecified atom stereocenters. The highest BCUT2D eigenvalue weighted by Crippen LogP contribution is 2.29. The molecule has 21 heavy (non-hydrogen) atoms. The summed E-state index contributed by atoms with van der Waals surface area (Å²) >= 11 is 0. The fourth-order valence-corrected chi connectivity index (χ4v) is 2.38. The number of halogens is 1. The lowest BCUT2D eigenvalue weighted by atomic mass is 10.0. The van der Waals surface area contributed by atoms with Crippen molar-refractivity contribution in [3.8, 4) is 11.5 Å². The molecule has 1 atom stereocenters. The third-order valence-electron chi connectivity index (χ3n) is 3.47. The van der Waals surface area contributed by atoms with Crippen LogP contribution in [-0.2, 0) is 0 Å². The maximum absolute atomic E-state index is 13.8. The molecular formula is C16H16FN3O. The van der Waals surface area contributed by atoms with Gasteiger partial charge in [-0.1, -0.05) is 42.8 Å². The molecule has 1 heterocycles. The van der Waals surface area contributed by atoms with Gasteiger partial charge in [-0.2, -0.15) is 4.98 Å². The molecule has 0 bridgehead atoms. The van der Waals surface area contributed by atoms with Crippen LogP contribution < -0.4 is 5.73 Å². The second-order valence-corrected chi connectivity index (χ2v) is 4.99. The van der Waals surface area contributed by atoms with E-state index in [4.69, 9.17) is 10.3 Å².